The van der Waals surface area contributed by atoms with Gasteiger partial charge in [-0.15, -0.1) is 10.5 Å². The third-order valence-corrected chi connectivity index (χ3v) is 1.89. The van der Waals surface area contributed by atoms with Crippen LogP contribution in [0.25, 0.3) is 0 Å². The Kier molecular flexibility index (Phi) is 5.28. The number of rotatable bonds is 5. The quantitative estimate of drug-likeness (QED) is 0.375. The van der Waals surface area contributed by atoms with Gasteiger partial charge in [-0.1, -0.05) is 6.92 Å². The number of hydrogen-bond acceptors (Lipinski definition) is 2. The molecule has 0 saturated heterocycles. The Labute approximate surface area is 100 Å². The fourth-order valence-corrected chi connectivity index (χ4v) is 1.13. The van der Waals surface area contributed by atoms with Crippen LogP contribution in [0, 0.1) is 0 Å². The number of nitrogens with one attached hydrogen (secondary N) is 2. The van der Waals surface area contributed by atoms with Gasteiger partial charge in [-0.2, -0.15) is 0 Å². The molecular formula is C11H16N3OS+. The van der Waals surface area contributed by atoms with Gasteiger partial charge in [0.25, 0.3) is 0 Å². The average molecular weight is 238 g/mol. The topological polar surface area (TPSA) is 61.2 Å². The number of hydrazine groups is 1. The molecular weight excluding hydrogens is 222 g/mol. The van der Waals surface area contributed by atoms with Gasteiger partial charge in [-0.25, -0.2) is 0 Å². The van der Waals surface area contributed by atoms with Crippen molar-refractivity contribution < 1.29 is 9.84 Å². The highest BCUT2D eigenvalue weighted by Gasteiger charge is 1.95. The average Bonchev–Trinajstić information content (AvgIpc) is 2.27. The summed E-state index contributed by atoms with van der Waals surface area (Å²) in [5, 5.41) is 2.99. The molecule has 0 aliphatic carbocycles. The third-order valence-electron chi connectivity index (χ3n) is 1.79. The van der Waals surface area contributed by atoms with E-state index in [0.717, 1.165) is 24.3 Å². The van der Waals surface area contributed by atoms with Crippen LogP contribution in [0.4, 0.5) is 0 Å². The van der Waals surface area contributed by atoms with E-state index in [9.17, 15) is 0 Å². The number of nitrogens with two attached hydrogens (primary N) is 1. The van der Waals surface area contributed by atoms with E-state index in [-0.39, 0.29) is 5.11 Å². The summed E-state index contributed by atoms with van der Waals surface area (Å²) in [5.74, 6) is 0.876. The maximum Gasteiger partial charge on any atom is 0.221 e. The molecule has 5 heteroatoms. The first-order chi connectivity index (χ1) is 7.72. The second-order valence-corrected chi connectivity index (χ2v) is 3.64. The van der Waals surface area contributed by atoms with Crippen LogP contribution in [-0.2, 0) is 0 Å². The molecule has 0 aromatic heterocycles. The van der Waals surface area contributed by atoms with E-state index in [4.69, 9.17) is 10.5 Å². The van der Waals surface area contributed by atoms with Crippen LogP contribution in [0.3, 0.4) is 0 Å². The molecule has 1 aromatic carbocycles. The fourth-order valence-electron chi connectivity index (χ4n) is 1.07. The minimum absolute atomic E-state index is 0.208. The van der Waals surface area contributed by atoms with Crippen LogP contribution in [0.15, 0.2) is 24.3 Å². The second kappa shape index (κ2) is 6.79. The van der Waals surface area contributed by atoms with Crippen molar-refractivity contribution in [1.82, 2.24) is 5.43 Å². The molecule has 1 aromatic rings. The van der Waals surface area contributed by atoms with E-state index in [2.05, 4.69) is 29.7 Å². The summed E-state index contributed by atoms with van der Waals surface area (Å²) in [6.07, 6.45) is 2.77. The van der Waals surface area contributed by atoms with Gasteiger partial charge >= 0.3 is 0 Å². The maximum atomic E-state index is 5.46. The highest BCUT2D eigenvalue weighted by atomic mass is 32.1. The van der Waals surface area contributed by atoms with Gasteiger partial charge in [0, 0.05) is 5.56 Å². The molecule has 0 unspecified atom stereocenters. The molecule has 0 bridgehead atoms. The molecule has 0 aliphatic rings. The lowest BCUT2D eigenvalue weighted by molar-refractivity contribution is -0.499. The van der Waals surface area contributed by atoms with Gasteiger partial charge in [0.2, 0.25) is 5.11 Å². The lowest BCUT2D eigenvalue weighted by atomic mass is 10.2. The van der Waals surface area contributed by atoms with Crippen molar-refractivity contribution in [3.8, 4) is 5.75 Å². The SMILES string of the molecule is CCCOc1ccc(C=[NH+]NC(N)=S)cc1. The number of benzene rings is 1. The molecule has 86 valence electrons. The molecule has 0 fully saturated rings. The van der Waals surface area contributed by atoms with E-state index >= 15 is 0 Å². The van der Waals surface area contributed by atoms with Crippen molar-refractivity contribution in [3.63, 3.8) is 0 Å². The minimum atomic E-state index is 0.208. The Bertz CT molecular complexity index is 362. The van der Waals surface area contributed by atoms with Gasteiger partial charge in [0.15, 0.2) is 6.21 Å². The zero-order valence-electron chi connectivity index (χ0n) is 9.19. The van der Waals surface area contributed by atoms with E-state index < -0.39 is 0 Å². The van der Waals surface area contributed by atoms with Gasteiger partial charge in [-0.3, -0.25) is 0 Å². The summed E-state index contributed by atoms with van der Waals surface area (Å²) in [5.41, 5.74) is 8.88. The Hall–Kier alpha value is -1.62. The van der Waals surface area contributed by atoms with E-state index in [1.54, 1.807) is 6.21 Å². The van der Waals surface area contributed by atoms with Crippen LogP contribution in [0.1, 0.15) is 18.9 Å². The van der Waals surface area contributed by atoms with E-state index in [1.807, 2.05) is 24.3 Å². The molecule has 0 radical (unpaired) electrons. The molecule has 0 spiro atoms. The molecule has 4 nitrogen and oxygen atoms in total. The molecule has 16 heavy (non-hydrogen) atoms. The second-order valence-electron chi connectivity index (χ2n) is 3.20. The zero-order valence-corrected chi connectivity index (χ0v) is 10.0. The number of ether oxygens (including phenoxy) is 1. The molecule has 0 amide bonds. The third kappa shape index (κ3) is 4.75. The van der Waals surface area contributed by atoms with Crippen molar-refractivity contribution in [2.75, 3.05) is 6.61 Å². The predicted octanol–water partition coefficient (Wildman–Crippen LogP) is -0.277. The van der Waals surface area contributed by atoms with Crippen molar-refractivity contribution in [1.29, 1.82) is 0 Å². The summed E-state index contributed by atoms with van der Waals surface area (Å²) in [7, 11) is 0. The van der Waals surface area contributed by atoms with Crippen molar-refractivity contribution in [2.45, 2.75) is 13.3 Å². The standard InChI is InChI=1S/C11H15N3OS/c1-2-7-15-10-5-3-9(4-6-10)8-13-14-11(12)16/h3-6,8H,2,7H2,1H3,(H3,12,14,16)/p+1. The number of hydrazone groups is 1. The van der Waals surface area contributed by atoms with E-state index in [1.165, 1.54) is 0 Å². The first kappa shape index (κ1) is 12.4. The molecule has 1 rings (SSSR count). The zero-order chi connectivity index (χ0) is 11.8. The monoisotopic (exact) mass is 238 g/mol. The number of thiocarbonyl (C=S) groups is 1. The van der Waals surface area contributed by atoms with Gasteiger partial charge < -0.3 is 10.5 Å². The van der Waals surface area contributed by atoms with Crippen LogP contribution in [-0.4, -0.2) is 17.9 Å². The van der Waals surface area contributed by atoms with Gasteiger partial charge in [-0.05, 0) is 42.9 Å². The molecule has 4 N–H and O–H groups in total. The van der Waals surface area contributed by atoms with Gasteiger partial charge in [0.05, 0.1) is 6.61 Å². The summed E-state index contributed by atoms with van der Waals surface area (Å²) < 4.78 is 5.46. The minimum Gasteiger partial charge on any atom is -0.494 e. The molecule has 0 atom stereocenters. The van der Waals surface area contributed by atoms with Crippen LogP contribution in [0.5, 0.6) is 5.75 Å². The highest BCUT2D eigenvalue weighted by Crippen LogP contribution is 2.10. The molecule has 0 aliphatic heterocycles. The summed E-state index contributed by atoms with van der Waals surface area (Å²) in [6, 6.07) is 7.73. The first-order valence-corrected chi connectivity index (χ1v) is 5.50. The van der Waals surface area contributed by atoms with Crippen LogP contribution >= 0.6 is 12.2 Å². The van der Waals surface area contributed by atoms with Crippen LogP contribution in [0.2, 0.25) is 0 Å². The summed E-state index contributed by atoms with van der Waals surface area (Å²) in [4.78, 5) is 0. The lowest BCUT2D eigenvalue weighted by Crippen LogP contribution is -2.82. The Balaban J connectivity index is 2.50. The lowest BCUT2D eigenvalue weighted by Gasteiger charge is -2.03. The normalized spacial score (nSPS) is 10.3. The maximum absolute atomic E-state index is 5.46. The Morgan fingerprint density at radius 2 is 2.19 bits per heavy atom. The van der Waals surface area contributed by atoms with Gasteiger partial charge in [0.1, 0.15) is 5.75 Å². The first-order valence-electron chi connectivity index (χ1n) is 5.09. The molecule has 0 saturated carbocycles. The van der Waals surface area contributed by atoms with Crippen molar-refractivity contribution >= 4 is 23.5 Å². The number of hydrogen-bond donors (Lipinski definition) is 3. The highest BCUT2D eigenvalue weighted by molar-refractivity contribution is 7.80. The predicted molar refractivity (Wildman–Crippen MR) is 68.3 cm³/mol. The summed E-state index contributed by atoms with van der Waals surface area (Å²) >= 11 is 4.64. The Morgan fingerprint density at radius 1 is 1.50 bits per heavy atom. The fraction of sp³-hybridized carbons (Fsp3) is 0.273. The van der Waals surface area contributed by atoms with Crippen molar-refractivity contribution in [3.05, 3.63) is 29.8 Å². The largest absolute Gasteiger partial charge is 0.494 e. The van der Waals surface area contributed by atoms with Crippen molar-refractivity contribution in [2.24, 2.45) is 5.73 Å². The smallest absolute Gasteiger partial charge is 0.221 e. The molecule has 0 heterocycles. The summed E-state index contributed by atoms with van der Waals surface area (Å²) in [6.45, 7) is 2.82. The van der Waals surface area contributed by atoms with Crippen LogP contribution < -0.4 is 21.0 Å². The van der Waals surface area contributed by atoms with E-state index in [0.29, 0.717) is 0 Å². The Morgan fingerprint density at radius 3 is 2.75 bits per heavy atom.